The summed E-state index contributed by atoms with van der Waals surface area (Å²) in [5.74, 6) is -1.39. The molecule has 1 aromatic carbocycles. The molecule has 0 radical (unpaired) electrons. The molecule has 0 fully saturated rings. The van der Waals surface area contributed by atoms with Crippen molar-refractivity contribution in [2.24, 2.45) is 0 Å². The number of methoxy groups -OCH3 is 1. The molecular formula is C21H25NO5. The molecule has 0 aliphatic carbocycles. The van der Waals surface area contributed by atoms with Crippen molar-refractivity contribution in [3.63, 3.8) is 0 Å². The second kappa shape index (κ2) is 10.2. The van der Waals surface area contributed by atoms with Crippen LogP contribution in [0.4, 0.5) is 5.69 Å². The SMILES string of the molecule is CCc1c(C)c(NC(=O)/C=C\C(C)=O)cc(C)c1CC(=O)/C=C\C(=O)OC. The van der Waals surface area contributed by atoms with Crippen LogP contribution in [0.25, 0.3) is 0 Å². The van der Waals surface area contributed by atoms with E-state index >= 15 is 0 Å². The van der Waals surface area contributed by atoms with Crippen molar-refractivity contribution in [1.29, 1.82) is 0 Å². The number of benzene rings is 1. The summed E-state index contributed by atoms with van der Waals surface area (Å²) in [6, 6.07) is 1.81. The topological polar surface area (TPSA) is 89.5 Å². The molecule has 1 amide bonds. The molecule has 0 unspecified atom stereocenters. The number of allylic oxidation sites excluding steroid dienone is 2. The predicted molar refractivity (Wildman–Crippen MR) is 104 cm³/mol. The van der Waals surface area contributed by atoms with Gasteiger partial charge in [-0.25, -0.2) is 4.79 Å². The highest BCUT2D eigenvalue weighted by Crippen LogP contribution is 2.28. The summed E-state index contributed by atoms with van der Waals surface area (Å²) in [4.78, 5) is 46.2. The molecule has 0 saturated heterocycles. The number of carbonyl (C=O) groups excluding carboxylic acids is 4. The molecule has 0 atom stereocenters. The maximum absolute atomic E-state index is 12.2. The number of hydrogen-bond acceptors (Lipinski definition) is 5. The minimum Gasteiger partial charge on any atom is -0.466 e. The number of hydrogen-bond donors (Lipinski definition) is 1. The number of esters is 1. The third-order valence-corrected chi connectivity index (χ3v) is 4.10. The lowest BCUT2D eigenvalue weighted by Gasteiger charge is -2.18. The van der Waals surface area contributed by atoms with Crippen LogP contribution in [0, 0.1) is 13.8 Å². The number of carbonyl (C=O) groups is 4. The maximum Gasteiger partial charge on any atom is 0.330 e. The largest absolute Gasteiger partial charge is 0.466 e. The van der Waals surface area contributed by atoms with Crippen molar-refractivity contribution < 1.29 is 23.9 Å². The molecule has 1 N–H and O–H groups in total. The van der Waals surface area contributed by atoms with E-state index in [1.807, 2.05) is 20.8 Å². The van der Waals surface area contributed by atoms with Crippen molar-refractivity contribution in [3.05, 3.63) is 52.6 Å². The summed E-state index contributed by atoms with van der Waals surface area (Å²) in [6.45, 7) is 7.09. The first kappa shape index (κ1) is 22.0. The van der Waals surface area contributed by atoms with Crippen LogP contribution in [-0.4, -0.2) is 30.6 Å². The zero-order valence-electron chi connectivity index (χ0n) is 16.3. The quantitative estimate of drug-likeness (QED) is 0.561. The van der Waals surface area contributed by atoms with E-state index in [9.17, 15) is 19.2 Å². The number of amides is 1. The third-order valence-electron chi connectivity index (χ3n) is 4.10. The van der Waals surface area contributed by atoms with E-state index in [1.54, 1.807) is 6.07 Å². The van der Waals surface area contributed by atoms with Gasteiger partial charge in [-0.15, -0.1) is 0 Å². The van der Waals surface area contributed by atoms with E-state index in [0.29, 0.717) is 12.1 Å². The van der Waals surface area contributed by atoms with Crippen LogP contribution >= 0.6 is 0 Å². The van der Waals surface area contributed by atoms with Crippen LogP contribution in [0.3, 0.4) is 0 Å². The molecule has 0 spiro atoms. The van der Waals surface area contributed by atoms with Crippen molar-refractivity contribution in [3.8, 4) is 0 Å². The highest BCUT2D eigenvalue weighted by molar-refractivity contribution is 6.04. The summed E-state index contributed by atoms with van der Waals surface area (Å²) in [5, 5.41) is 2.77. The standard InChI is InChI=1S/C21H25NO5/c1-6-17-15(4)19(22-20(25)9-7-14(3)23)11-13(2)18(17)12-16(24)8-10-21(26)27-5/h7-11H,6,12H2,1-5H3,(H,22,25)/b9-7-,10-8-. The fourth-order valence-electron chi connectivity index (χ4n) is 2.72. The first-order chi connectivity index (χ1) is 12.7. The van der Waals surface area contributed by atoms with Gasteiger partial charge in [0.1, 0.15) is 0 Å². The predicted octanol–water partition coefficient (Wildman–Crippen LogP) is 2.79. The number of anilines is 1. The summed E-state index contributed by atoms with van der Waals surface area (Å²) in [5.41, 5.74) is 4.23. The van der Waals surface area contributed by atoms with Gasteiger partial charge >= 0.3 is 5.97 Å². The lowest BCUT2D eigenvalue weighted by Crippen LogP contribution is -2.13. The van der Waals surface area contributed by atoms with Gasteiger partial charge in [0.05, 0.1) is 7.11 Å². The average Bonchev–Trinajstić information content (AvgIpc) is 2.62. The van der Waals surface area contributed by atoms with Crippen LogP contribution in [0.2, 0.25) is 0 Å². The van der Waals surface area contributed by atoms with E-state index in [1.165, 1.54) is 32.3 Å². The molecule has 1 aromatic rings. The second-order valence-corrected chi connectivity index (χ2v) is 6.11. The van der Waals surface area contributed by atoms with Gasteiger partial charge in [-0.2, -0.15) is 0 Å². The molecule has 0 aliphatic rings. The van der Waals surface area contributed by atoms with Crippen molar-refractivity contribution in [2.45, 2.75) is 40.5 Å². The fraction of sp³-hybridized carbons (Fsp3) is 0.333. The van der Waals surface area contributed by atoms with Gasteiger partial charge in [0.2, 0.25) is 5.91 Å². The summed E-state index contributed by atoms with van der Waals surface area (Å²) >= 11 is 0. The van der Waals surface area contributed by atoms with Crippen molar-refractivity contribution in [1.82, 2.24) is 0 Å². The monoisotopic (exact) mass is 371 g/mol. The molecule has 144 valence electrons. The molecule has 6 nitrogen and oxygen atoms in total. The van der Waals surface area contributed by atoms with Crippen molar-refractivity contribution >= 4 is 29.1 Å². The zero-order valence-corrected chi connectivity index (χ0v) is 16.3. The first-order valence-electron chi connectivity index (χ1n) is 8.60. The van der Waals surface area contributed by atoms with Gasteiger partial charge in [0, 0.05) is 24.3 Å². The second-order valence-electron chi connectivity index (χ2n) is 6.11. The van der Waals surface area contributed by atoms with Gasteiger partial charge in [0.25, 0.3) is 0 Å². The molecule has 0 bridgehead atoms. The average molecular weight is 371 g/mol. The Morgan fingerprint density at radius 3 is 2.26 bits per heavy atom. The molecule has 0 aliphatic heterocycles. The molecule has 0 aromatic heterocycles. The highest BCUT2D eigenvalue weighted by atomic mass is 16.5. The summed E-state index contributed by atoms with van der Waals surface area (Å²) in [6.07, 6.45) is 5.55. The molecule has 0 saturated carbocycles. The Hall–Kier alpha value is -3.02. The fourth-order valence-corrected chi connectivity index (χ4v) is 2.72. The van der Waals surface area contributed by atoms with Gasteiger partial charge in [-0.3, -0.25) is 14.4 Å². The van der Waals surface area contributed by atoms with Gasteiger partial charge < -0.3 is 10.1 Å². The lowest BCUT2D eigenvalue weighted by molar-refractivity contribution is -0.135. The molecule has 27 heavy (non-hydrogen) atoms. The number of ether oxygens (including phenoxy) is 1. The van der Waals surface area contributed by atoms with Crippen LogP contribution in [0.15, 0.2) is 30.4 Å². The molecular weight excluding hydrogens is 346 g/mol. The first-order valence-corrected chi connectivity index (χ1v) is 8.60. The lowest BCUT2D eigenvalue weighted by atomic mass is 9.90. The Balaban J connectivity index is 3.12. The number of aryl methyl sites for hydroxylation is 1. The Morgan fingerprint density at radius 1 is 1.04 bits per heavy atom. The normalized spacial score (nSPS) is 11.0. The minimum absolute atomic E-state index is 0.155. The summed E-state index contributed by atoms with van der Waals surface area (Å²) in [7, 11) is 1.25. The number of rotatable bonds is 8. The Labute approximate surface area is 159 Å². The summed E-state index contributed by atoms with van der Waals surface area (Å²) < 4.78 is 4.48. The van der Waals surface area contributed by atoms with Crippen LogP contribution in [0.1, 0.15) is 36.1 Å². The zero-order chi connectivity index (χ0) is 20.6. The van der Waals surface area contributed by atoms with Gasteiger partial charge in [-0.05, 0) is 67.7 Å². The minimum atomic E-state index is -0.580. The van der Waals surface area contributed by atoms with Crippen LogP contribution < -0.4 is 5.32 Å². The van der Waals surface area contributed by atoms with Crippen LogP contribution in [-0.2, 0) is 36.8 Å². The van der Waals surface area contributed by atoms with E-state index in [-0.39, 0.29) is 23.9 Å². The van der Waals surface area contributed by atoms with Crippen molar-refractivity contribution in [2.75, 3.05) is 12.4 Å². The molecule has 1 rings (SSSR count). The van der Waals surface area contributed by atoms with Gasteiger partial charge in [0.15, 0.2) is 11.6 Å². The Kier molecular flexibility index (Phi) is 8.33. The molecule has 6 heteroatoms. The van der Waals surface area contributed by atoms with E-state index in [2.05, 4.69) is 10.1 Å². The van der Waals surface area contributed by atoms with E-state index in [0.717, 1.165) is 28.3 Å². The Bertz CT molecular complexity index is 818. The van der Waals surface area contributed by atoms with E-state index < -0.39 is 5.97 Å². The highest BCUT2D eigenvalue weighted by Gasteiger charge is 2.15. The van der Waals surface area contributed by atoms with Gasteiger partial charge in [-0.1, -0.05) is 6.92 Å². The smallest absolute Gasteiger partial charge is 0.330 e. The van der Waals surface area contributed by atoms with E-state index in [4.69, 9.17) is 0 Å². The number of ketones is 2. The Morgan fingerprint density at radius 2 is 1.70 bits per heavy atom. The molecule has 0 heterocycles. The number of nitrogens with one attached hydrogen (secondary N) is 1. The van der Waals surface area contributed by atoms with Crippen LogP contribution in [0.5, 0.6) is 0 Å². The third kappa shape index (κ3) is 6.66. The maximum atomic E-state index is 12.2.